The SMILES string of the molecule is CN1CCN(C[C@@]2(O)CCCN(C(=O)CCc3c[nH]c4ccccc34)CC2)CC1. The van der Waals surface area contributed by atoms with Crippen LogP contribution in [-0.4, -0.2) is 89.2 Å². The first-order chi connectivity index (χ1) is 14.0. The Morgan fingerprint density at radius 2 is 1.90 bits per heavy atom. The molecule has 0 radical (unpaired) electrons. The Morgan fingerprint density at radius 3 is 2.72 bits per heavy atom. The van der Waals surface area contributed by atoms with Gasteiger partial charge in [0.25, 0.3) is 0 Å². The lowest BCUT2D eigenvalue weighted by molar-refractivity contribution is -0.131. The molecule has 158 valence electrons. The van der Waals surface area contributed by atoms with Crippen LogP contribution in [0.1, 0.15) is 31.2 Å². The average molecular weight is 399 g/mol. The van der Waals surface area contributed by atoms with Crippen LogP contribution in [0.15, 0.2) is 30.5 Å². The predicted octanol–water partition coefficient (Wildman–Crippen LogP) is 2.09. The summed E-state index contributed by atoms with van der Waals surface area (Å²) in [5.41, 5.74) is 1.66. The molecule has 1 atom stereocenters. The fourth-order valence-corrected chi connectivity index (χ4v) is 4.75. The summed E-state index contributed by atoms with van der Waals surface area (Å²) in [4.78, 5) is 22.8. The van der Waals surface area contributed by atoms with E-state index in [4.69, 9.17) is 0 Å². The number of para-hydroxylation sites is 1. The van der Waals surface area contributed by atoms with Crippen molar-refractivity contribution in [2.45, 2.75) is 37.7 Å². The quantitative estimate of drug-likeness (QED) is 0.810. The largest absolute Gasteiger partial charge is 0.388 e. The maximum Gasteiger partial charge on any atom is 0.222 e. The van der Waals surface area contributed by atoms with E-state index in [1.54, 1.807) is 0 Å². The van der Waals surface area contributed by atoms with Gasteiger partial charge in [0.05, 0.1) is 5.60 Å². The first-order valence-electron chi connectivity index (χ1n) is 11.0. The lowest BCUT2D eigenvalue weighted by Crippen LogP contribution is -2.51. The molecule has 0 unspecified atom stereocenters. The second kappa shape index (κ2) is 8.86. The molecule has 2 saturated heterocycles. The van der Waals surface area contributed by atoms with Crippen LogP contribution < -0.4 is 0 Å². The van der Waals surface area contributed by atoms with Crippen molar-refractivity contribution in [1.29, 1.82) is 0 Å². The molecule has 2 N–H and O–H groups in total. The lowest BCUT2D eigenvalue weighted by atomic mass is 9.94. The molecule has 0 aliphatic carbocycles. The smallest absolute Gasteiger partial charge is 0.222 e. The summed E-state index contributed by atoms with van der Waals surface area (Å²) < 4.78 is 0. The minimum absolute atomic E-state index is 0.208. The first kappa shape index (κ1) is 20.4. The topological polar surface area (TPSA) is 62.8 Å². The van der Waals surface area contributed by atoms with Crippen molar-refractivity contribution in [2.75, 3.05) is 52.9 Å². The molecule has 2 fully saturated rings. The van der Waals surface area contributed by atoms with E-state index in [1.807, 2.05) is 23.2 Å². The summed E-state index contributed by atoms with van der Waals surface area (Å²) in [6.45, 7) is 6.33. The minimum Gasteiger partial charge on any atom is -0.388 e. The Hall–Kier alpha value is -1.89. The van der Waals surface area contributed by atoms with Crippen LogP contribution in [0.25, 0.3) is 10.9 Å². The van der Waals surface area contributed by atoms with Crippen LogP contribution in [-0.2, 0) is 11.2 Å². The molecule has 29 heavy (non-hydrogen) atoms. The Balaban J connectivity index is 1.29. The van der Waals surface area contributed by atoms with Crippen LogP contribution >= 0.6 is 0 Å². The van der Waals surface area contributed by atoms with Crippen LogP contribution in [0.5, 0.6) is 0 Å². The second-order valence-electron chi connectivity index (χ2n) is 8.90. The van der Waals surface area contributed by atoms with Gasteiger partial charge in [0.1, 0.15) is 0 Å². The molecule has 0 bridgehead atoms. The third-order valence-corrected chi connectivity index (χ3v) is 6.67. The predicted molar refractivity (Wildman–Crippen MR) is 116 cm³/mol. The number of carbonyl (C=O) groups is 1. The number of aromatic amines is 1. The highest BCUT2D eigenvalue weighted by molar-refractivity contribution is 5.84. The highest BCUT2D eigenvalue weighted by atomic mass is 16.3. The van der Waals surface area contributed by atoms with Crippen molar-refractivity contribution in [1.82, 2.24) is 19.7 Å². The van der Waals surface area contributed by atoms with Crippen molar-refractivity contribution in [3.8, 4) is 0 Å². The zero-order valence-corrected chi connectivity index (χ0v) is 17.6. The molecule has 0 saturated carbocycles. The number of nitrogens with zero attached hydrogens (tertiary/aromatic N) is 3. The zero-order chi connectivity index (χ0) is 20.3. The summed E-state index contributed by atoms with van der Waals surface area (Å²) in [6, 6.07) is 8.23. The number of nitrogens with one attached hydrogen (secondary N) is 1. The fraction of sp³-hybridized carbons (Fsp3) is 0.609. The number of piperazine rings is 1. The van der Waals surface area contributed by atoms with Crippen LogP contribution in [0, 0.1) is 0 Å². The molecule has 3 heterocycles. The van der Waals surface area contributed by atoms with Crippen molar-refractivity contribution in [3.05, 3.63) is 36.0 Å². The molecular formula is C23H34N4O2. The van der Waals surface area contributed by atoms with Crippen LogP contribution in [0.3, 0.4) is 0 Å². The molecule has 6 nitrogen and oxygen atoms in total. The Morgan fingerprint density at radius 1 is 1.10 bits per heavy atom. The van der Waals surface area contributed by atoms with E-state index in [0.29, 0.717) is 19.4 Å². The Kier molecular flexibility index (Phi) is 6.23. The molecule has 2 aliphatic rings. The van der Waals surface area contributed by atoms with Gasteiger partial charge >= 0.3 is 0 Å². The van der Waals surface area contributed by atoms with Gasteiger partial charge in [-0.25, -0.2) is 0 Å². The van der Waals surface area contributed by atoms with Gasteiger partial charge in [-0.15, -0.1) is 0 Å². The molecular weight excluding hydrogens is 364 g/mol. The number of likely N-dealkylation sites (N-methyl/N-ethyl adjacent to an activating group) is 1. The van der Waals surface area contributed by atoms with E-state index in [2.05, 4.69) is 34.0 Å². The number of aryl methyl sites for hydroxylation is 1. The van der Waals surface area contributed by atoms with Gasteiger partial charge in [-0.05, 0) is 44.4 Å². The number of benzene rings is 1. The van der Waals surface area contributed by atoms with Gasteiger partial charge in [-0.2, -0.15) is 0 Å². The van der Waals surface area contributed by atoms with Crippen molar-refractivity contribution in [3.63, 3.8) is 0 Å². The molecule has 4 rings (SSSR count). The van der Waals surface area contributed by atoms with Gasteiger partial charge in [0.15, 0.2) is 0 Å². The maximum atomic E-state index is 12.8. The number of H-pyrrole nitrogens is 1. The molecule has 0 spiro atoms. The third-order valence-electron chi connectivity index (χ3n) is 6.67. The van der Waals surface area contributed by atoms with Gasteiger partial charge in [0.2, 0.25) is 5.91 Å². The molecule has 2 aliphatic heterocycles. The van der Waals surface area contributed by atoms with Crippen molar-refractivity contribution in [2.24, 2.45) is 0 Å². The number of β-amino-alcohol motifs (C(OH)–C–C–N with tert-alkyl or cyclic N) is 1. The number of carbonyl (C=O) groups excluding carboxylic acids is 1. The highest BCUT2D eigenvalue weighted by Crippen LogP contribution is 2.25. The van der Waals surface area contributed by atoms with Crippen molar-refractivity contribution < 1.29 is 9.90 Å². The zero-order valence-electron chi connectivity index (χ0n) is 17.6. The van der Waals surface area contributed by atoms with Gasteiger partial charge in [0, 0.05) is 69.3 Å². The van der Waals surface area contributed by atoms with E-state index < -0.39 is 5.60 Å². The summed E-state index contributed by atoms with van der Waals surface area (Å²) in [6.07, 6.45) is 5.64. The summed E-state index contributed by atoms with van der Waals surface area (Å²) in [5, 5.41) is 12.4. The highest BCUT2D eigenvalue weighted by Gasteiger charge is 2.33. The first-order valence-corrected chi connectivity index (χ1v) is 11.0. The Bertz CT molecular complexity index is 827. The number of amides is 1. The number of rotatable bonds is 5. The number of aliphatic hydroxyl groups is 1. The number of aromatic nitrogens is 1. The fourth-order valence-electron chi connectivity index (χ4n) is 4.75. The van der Waals surface area contributed by atoms with Crippen molar-refractivity contribution >= 4 is 16.8 Å². The standard InChI is InChI=1S/C23H34N4O2/c1-25-13-15-26(16-14-25)18-23(29)9-4-11-27(12-10-23)22(28)8-7-19-17-24-21-6-3-2-5-20(19)21/h2-3,5-6,17,24,29H,4,7-16,18H2,1H3/t23-/m1/s1. The molecule has 1 aromatic carbocycles. The van der Waals surface area contributed by atoms with E-state index in [1.165, 1.54) is 10.9 Å². The van der Waals surface area contributed by atoms with E-state index in [-0.39, 0.29) is 5.91 Å². The Labute approximate surface area is 173 Å². The number of likely N-dealkylation sites (tertiary alicyclic amines) is 1. The maximum absolute atomic E-state index is 12.8. The summed E-state index contributed by atoms with van der Waals surface area (Å²) in [7, 11) is 2.15. The second-order valence-corrected chi connectivity index (χ2v) is 8.90. The number of fused-ring (bicyclic) bond motifs is 1. The van der Waals surface area contributed by atoms with E-state index in [0.717, 1.165) is 64.0 Å². The lowest BCUT2D eigenvalue weighted by Gasteiger charge is -2.38. The van der Waals surface area contributed by atoms with Gasteiger partial charge < -0.3 is 19.9 Å². The summed E-state index contributed by atoms with van der Waals surface area (Å²) in [5.74, 6) is 0.208. The average Bonchev–Trinajstić information content (AvgIpc) is 3.03. The van der Waals surface area contributed by atoms with Gasteiger partial charge in [-0.1, -0.05) is 18.2 Å². The van der Waals surface area contributed by atoms with Crippen LogP contribution in [0.4, 0.5) is 0 Å². The molecule has 2 aromatic rings. The number of hydrogen-bond donors (Lipinski definition) is 2. The van der Waals surface area contributed by atoms with Crippen LogP contribution in [0.2, 0.25) is 0 Å². The minimum atomic E-state index is -0.665. The van der Waals surface area contributed by atoms with Gasteiger partial charge in [-0.3, -0.25) is 9.69 Å². The molecule has 1 amide bonds. The van der Waals surface area contributed by atoms with E-state index >= 15 is 0 Å². The molecule has 1 aromatic heterocycles. The summed E-state index contributed by atoms with van der Waals surface area (Å²) >= 11 is 0. The molecule has 6 heteroatoms. The third kappa shape index (κ3) is 5.00. The van der Waals surface area contributed by atoms with E-state index in [9.17, 15) is 9.90 Å². The number of hydrogen-bond acceptors (Lipinski definition) is 4. The monoisotopic (exact) mass is 398 g/mol. The normalized spacial score (nSPS) is 24.7.